The van der Waals surface area contributed by atoms with Gasteiger partial charge in [0.1, 0.15) is 11.8 Å². The third-order valence-corrected chi connectivity index (χ3v) is 3.43. The molecule has 0 bridgehead atoms. The van der Waals surface area contributed by atoms with Crippen molar-refractivity contribution in [1.29, 1.82) is 0 Å². The third-order valence-electron chi connectivity index (χ3n) is 3.43. The highest BCUT2D eigenvalue weighted by molar-refractivity contribution is 6.50. The van der Waals surface area contributed by atoms with Crippen molar-refractivity contribution in [1.82, 2.24) is 10.2 Å². The van der Waals surface area contributed by atoms with Gasteiger partial charge in [-0.3, -0.25) is 34.4 Å². The van der Waals surface area contributed by atoms with Gasteiger partial charge in [-0.25, -0.2) is 0 Å². The van der Waals surface area contributed by atoms with E-state index in [1.54, 1.807) is 13.0 Å². The first-order valence-electron chi connectivity index (χ1n) is 6.54. The Balaban J connectivity index is 2.35. The molecule has 7 nitrogen and oxygen atoms in total. The minimum Gasteiger partial charge on any atom is -0.295 e. The highest BCUT2D eigenvalue weighted by Crippen LogP contribution is 2.23. The van der Waals surface area contributed by atoms with Crippen molar-refractivity contribution < 1.29 is 19.2 Å². The largest absolute Gasteiger partial charge is 0.295 e. The van der Waals surface area contributed by atoms with Crippen LogP contribution in [0, 0.1) is 0 Å². The molecule has 2 fully saturated rings. The molecule has 0 aliphatic carbocycles. The molecule has 0 aromatic rings. The monoisotopic (exact) mass is 289 g/mol. The molecule has 2 heterocycles. The smallest absolute Gasteiger partial charge is 0.280 e. The normalized spacial score (nSPS) is 27.3. The first kappa shape index (κ1) is 14.8. The van der Waals surface area contributed by atoms with E-state index in [4.69, 9.17) is 0 Å². The zero-order valence-corrected chi connectivity index (χ0v) is 11.6. The van der Waals surface area contributed by atoms with Crippen LogP contribution in [0.4, 0.5) is 0 Å². The van der Waals surface area contributed by atoms with E-state index in [9.17, 15) is 19.2 Å². The van der Waals surface area contributed by atoms with Gasteiger partial charge in [0.2, 0.25) is 17.7 Å². The zero-order valence-electron chi connectivity index (χ0n) is 11.6. The second kappa shape index (κ2) is 5.82. The van der Waals surface area contributed by atoms with Crippen molar-refractivity contribution in [2.45, 2.75) is 32.2 Å². The van der Waals surface area contributed by atoms with Crippen LogP contribution >= 0.6 is 0 Å². The van der Waals surface area contributed by atoms with Crippen molar-refractivity contribution in [3.05, 3.63) is 24.4 Å². The molecular formula is C14H15N3O4. The first-order valence-corrected chi connectivity index (χ1v) is 6.54. The molecule has 1 N–H and O–H groups in total. The lowest BCUT2D eigenvalue weighted by atomic mass is 9.95. The number of amides is 4. The average molecular weight is 289 g/mol. The number of carbonyl (C=O) groups excluding carboxylic acids is 4. The number of allylic oxidation sites excluding steroid dienone is 1. The molecule has 2 rings (SSSR count). The zero-order chi connectivity index (χ0) is 15.6. The Morgan fingerprint density at radius 3 is 2.62 bits per heavy atom. The molecule has 2 saturated heterocycles. The molecule has 0 radical (unpaired) electrons. The van der Waals surface area contributed by atoms with E-state index in [0.29, 0.717) is 5.57 Å². The van der Waals surface area contributed by atoms with Crippen molar-refractivity contribution in [2.24, 2.45) is 4.99 Å². The summed E-state index contributed by atoms with van der Waals surface area (Å²) in [4.78, 5) is 52.4. The molecule has 110 valence electrons. The van der Waals surface area contributed by atoms with Crippen molar-refractivity contribution >= 4 is 29.3 Å². The van der Waals surface area contributed by atoms with Crippen molar-refractivity contribution in [2.75, 3.05) is 0 Å². The standard InChI is InChI=1S/C14H15N3O4/c1-3-8-7-11(19)17(14(21)12(8)15-4-2)9-5-6-10(18)16-13(9)20/h3-4,9H,2,5-7H2,1H3,(H,16,18,20)/b8-3-,15-12?. The Hall–Kier alpha value is -2.57. The van der Waals surface area contributed by atoms with Gasteiger partial charge in [-0.2, -0.15) is 0 Å². The average Bonchev–Trinajstić information content (AvgIpc) is 2.44. The number of rotatable bonds is 2. The van der Waals surface area contributed by atoms with E-state index in [2.05, 4.69) is 16.9 Å². The molecule has 4 amide bonds. The quantitative estimate of drug-likeness (QED) is 0.728. The van der Waals surface area contributed by atoms with Crippen molar-refractivity contribution in [3.63, 3.8) is 0 Å². The SMILES string of the molecule is C=CN=C1C(=O)N(C2CCC(=O)NC2=O)C(=O)C/C1=C/C. The molecule has 1 unspecified atom stereocenters. The minimum absolute atomic E-state index is 0.00730. The van der Waals surface area contributed by atoms with Crippen LogP contribution in [0.15, 0.2) is 29.4 Å². The number of hydrogen-bond donors (Lipinski definition) is 1. The highest BCUT2D eigenvalue weighted by Gasteiger charge is 2.43. The Labute approximate surface area is 121 Å². The summed E-state index contributed by atoms with van der Waals surface area (Å²) in [6.07, 6.45) is 3.08. The number of nitrogens with zero attached hydrogens (tertiary/aromatic N) is 2. The number of hydrogen-bond acceptors (Lipinski definition) is 5. The molecule has 2 aliphatic heterocycles. The van der Waals surface area contributed by atoms with Gasteiger partial charge in [-0.1, -0.05) is 12.7 Å². The van der Waals surface area contributed by atoms with Gasteiger partial charge in [0, 0.05) is 12.6 Å². The molecule has 0 saturated carbocycles. The Kier molecular flexibility index (Phi) is 4.11. The molecule has 2 aliphatic rings. The van der Waals surface area contributed by atoms with Crippen molar-refractivity contribution in [3.8, 4) is 0 Å². The third kappa shape index (κ3) is 2.67. The van der Waals surface area contributed by atoms with Crippen LogP contribution in [-0.2, 0) is 19.2 Å². The van der Waals surface area contributed by atoms with Gasteiger partial charge in [0.25, 0.3) is 5.91 Å². The number of carbonyl (C=O) groups is 4. The summed E-state index contributed by atoms with van der Waals surface area (Å²) in [6, 6.07) is -0.962. The van der Waals surface area contributed by atoms with Crippen LogP contribution in [-0.4, -0.2) is 40.3 Å². The van der Waals surface area contributed by atoms with Crippen LogP contribution in [0.1, 0.15) is 26.2 Å². The number of likely N-dealkylation sites (tertiary alicyclic amines) is 1. The number of nitrogens with one attached hydrogen (secondary N) is 1. The van der Waals surface area contributed by atoms with Crippen LogP contribution in [0.3, 0.4) is 0 Å². The molecule has 7 heteroatoms. The topological polar surface area (TPSA) is 95.9 Å². The molecular weight excluding hydrogens is 274 g/mol. The summed E-state index contributed by atoms with van der Waals surface area (Å²) in [7, 11) is 0. The maximum atomic E-state index is 12.4. The lowest BCUT2D eigenvalue weighted by Crippen LogP contribution is -2.59. The maximum absolute atomic E-state index is 12.4. The van der Waals surface area contributed by atoms with E-state index in [0.717, 1.165) is 4.90 Å². The second-order valence-electron chi connectivity index (χ2n) is 4.69. The van der Waals surface area contributed by atoms with E-state index in [-0.39, 0.29) is 25.0 Å². The fraction of sp³-hybridized carbons (Fsp3) is 0.357. The predicted octanol–water partition coefficient (Wildman–Crippen LogP) is 0.0813. The molecule has 0 spiro atoms. The molecule has 0 aromatic heterocycles. The lowest BCUT2D eigenvalue weighted by Gasteiger charge is -2.34. The molecule has 0 aromatic carbocycles. The van der Waals surface area contributed by atoms with Crippen LogP contribution in [0.25, 0.3) is 0 Å². The Bertz CT molecular complexity index is 603. The highest BCUT2D eigenvalue weighted by atomic mass is 16.2. The summed E-state index contributed by atoms with van der Waals surface area (Å²) < 4.78 is 0. The fourth-order valence-electron chi connectivity index (χ4n) is 2.41. The fourth-order valence-corrected chi connectivity index (χ4v) is 2.41. The Morgan fingerprint density at radius 1 is 1.33 bits per heavy atom. The molecule has 1 atom stereocenters. The van der Waals surface area contributed by atoms with Crippen LogP contribution < -0.4 is 5.32 Å². The Morgan fingerprint density at radius 2 is 2.05 bits per heavy atom. The summed E-state index contributed by atoms with van der Waals surface area (Å²) in [6.45, 7) is 5.15. The number of piperidine rings is 2. The minimum atomic E-state index is -0.962. The maximum Gasteiger partial charge on any atom is 0.280 e. The van der Waals surface area contributed by atoms with E-state index in [1.807, 2.05) is 0 Å². The first-order chi connectivity index (χ1) is 9.99. The van der Waals surface area contributed by atoms with Gasteiger partial charge in [-0.15, -0.1) is 0 Å². The van der Waals surface area contributed by atoms with Crippen LogP contribution in [0.5, 0.6) is 0 Å². The summed E-state index contributed by atoms with van der Waals surface area (Å²) in [5.41, 5.74) is 0.616. The van der Waals surface area contributed by atoms with Gasteiger partial charge >= 0.3 is 0 Å². The van der Waals surface area contributed by atoms with E-state index < -0.39 is 29.7 Å². The second-order valence-corrected chi connectivity index (χ2v) is 4.69. The predicted molar refractivity (Wildman–Crippen MR) is 74.0 cm³/mol. The number of imide groups is 2. The van der Waals surface area contributed by atoms with Gasteiger partial charge in [0.05, 0.1) is 6.42 Å². The summed E-state index contributed by atoms with van der Waals surface area (Å²) in [5, 5.41) is 2.14. The van der Waals surface area contributed by atoms with Gasteiger partial charge in [0.15, 0.2) is 0 Å². The van der Waals surface area contributed by atoms with Crippen LogP contribution in [0.2, 0.25) is 0 Å². The number of aliphatic imine (C=N–C) groups is 1. The lowest BCUT2D eigenvalue weighted by molar-refractivity contribution is -0.152. The summed E-state index contributed by atoms with van der Waals surface area (Å²) >= 11 is 0. The molecule has 21 heavy (non-hydrogen) atoms. The summed E-state index contributed by atoms with van der Waals surface area (Å²) in [5.74, 6) is -2.13. The van der Waals surface area contributed by atoms with E-state index >= 15 is 0 Å². The van der Waals surface area contributed by atoms with Gasteiger partial charge < -0.3 is 0 Å². The van der Waals surface area contributed by atoms with Gasteiger partial charge in [-0.05, 0) is 18.9 Å². The van der Waals surface area contributed by atoms with E-state index in [1.165, 1.54) is 6.20 Å².